The van der Waals surface area contributed by atoms with Crippen LogP contribution in [0.25, 0.3) is 11.0 Å². The molecule has 0 aromatic carbocycles. The molecular weight excluding hydrogens is 364 g/mol. The number of esters is 1. The van der Waals surface area contributed by atoms with Crippen molar-refractivity contribution in [2.75, 3.05) is 12.4 Å². The van der Waals surface area contributed by atoms with Gasteiger partial charge in [-0.05, 0) is 46.8 Å². The smallest absolute Gasteiger partial charge is 0.340 e. The summed E-state index contributed by atoms with van der Waals surface area (Å²) in [5.74, 6) is -0.779. The quantitative estimate of drug-likeness (QED) is 0.684. The molecule has 142 valence electrons. The molecule has 0 aliphatic heterocycles. The van der Waals surface area contributed by atoms with Crippen LogP contribution in [-0.4, -0.2) is 33.8 Å². The Morgan fingerprint density at radius 1 is 1.19 bits per heavy atom. The number of pyridine rings is 1. The fraction of sp³-hybridized carbons (Fsp3) is 0.368. The molecule has 0 saturated carbocycles. The number of aromatic nitrogens is 3. The van der Waals surface area contributed by atoms with Gasteiger partial charge in [-0.2, -0.15) is 5.10 Å². The summed E-state index contributed by atoms with van der Waals surface area (Å²) in [5.41, 5.74) is 2.99. The summed E-state index contributed by atoms with van der Waals surface area (Å²) in [6.45, 7) is 9.63. The maximum absolute atomic E-state index is 13.1. The number of rotatable bonds is 4. The van der Waals surface area contributed by atoms with Crippen molar-refractivity contribution in [3.8, 4) is 0 Å². The highest BCUT2D eigenvalue weighted by Gasteiger charge is 2.22. The minimum Gasteiger partial charge on any atom is -0.465 e. The van der Waals surface area contributed by atoms with Crippen molar-refractivity contribution >= 4 is 39.2 Å². The van der Waals surface area contributed by atoms with Gasteiger partial charge in [-0.25, -0.2) is 14.5 Å². The van der Waals surface area contributed by atoms with Crippen LogP contribution >= 0.6 is 11.3 Å². The van der Waals surface area contributed by atoms with E-state index in [2.05, 4.69) is 15.4 Å². The molecule has 3 aromatic heterocycles. The van der Waals surface area contributed by atoms with E-state index in [-0.39, 0.29) is 11.9 Å². The first-order valence-corrected chi connectivity index (χ1v) is 9.41. The van der Waals surface area contributed by atoms with Gasteiger partial charge in [0.1, 0.15) is 5.00 Å². The summed E-state index contributed by atoms with van der Waals surface area (Å²) in [4.78, 5) is 30.5. The Labute approximate surface area is 161 Å². The Kier molecular flexibility index (Phi) is 5.01. The molecule has 0 aliphatic rings. The second-order valence-corrected chi connectivity index (χ2v) is 7.94. The van der Waals surface area contributed by atoms with Gasteiger partial charge >= 0.3 is 5.97 Å². The van der Waals surface area contributed by atoms with Gasteiger partial charge in [0.05, 0.1) is 29.3 Å². The SMILES string of the molecule is COC(=O)c1cc(C)sc1NC(=O)c1cc(C)nc2c1c(C)nn2C(C)C. The number of thiophene rings is 1. The lowest BCUT2D eigenvalue weighted by molar-refractivity contribution is 0.0602. The molecule has 3 rings (SSSR count). The van der Waals surface area contributed by atoms with Crippen LogP contribution in [0.2, 0.25) is 0 Å². The lowest BCUT2D eigenvalue weighted by Gasteiger charge is -2.09. The number of fused-ring (bicyclic) bond motifs is 1. The molecule has 8 heteroatoms. The number of hydrogen-bond donors (Lipinski definition) is 1. The highest BCUT2D eigenvalue weighted by atomic mass is 32.1. The average molecular weight is 386 g/mol. The fourth-order valence-corrected chi connectivity index (χ4v) is 3.91. The Morgan fingerprint density at radius 2 is 1.89 bits per heavy atom. The van der Waals surface area contributed by atoms with E-state index < -0.39 is 5.97 Å². The number of amides is 1. The topological polar surface area (TPSA) is 86.1 Å². The summed E-state index contributed by atoms with van der Waals surface area (Å²) in [5, 5.41) is 8.60. The molecule has 3 heterocycles. The number of nitrogens with zero attached hydrogens (tertiary/aromatic N) is 3. The Hall–Kier alpha value is -2.74. The molecule has 0 unspecified atom stereocenters. The van der Waals surface area contributed by atoms with Gasteiger partial charge in [0.25, 0.3) is 5.91 Å². The second-order valence-electron chi connectivity index (χ2n) is 6.68. The number of anilines is 1. The van der Waals surface area contributed by atoms with E-state index in [0.717, 1.165) is 21.7 Å². The van der Waals surface area contributed by atoms with Crippen molar-refractivity contribution in [1.29, 1.82) is 0 Å². The first-order chi connectivity index (χ1) is 12.7. The van der Waals surface area contributed by atoms with E-state index in [0.29, 0.717) is 21.8 Å². The van der Waals surface area contributed by atoms with Gasteiger partial charge in [0.15, 0.2) is 5.65 Å². The lowest BCUT2D eigenvalue weighted by Crippen LogP contribution is -2.15. The third kappa shape index (κ3) is 3.44. The average Bonchev–Trinajstić information content (AvgIpc) is 3.13. The molecule has 0 bridgehead atoms. The highest BCUT2D eigenvalue weighted by Crippen LogP contribution is 2.30. The van der Waals surface area contributed by atoms with Crippen molar-refractivity contribution in [2.45, 2.75) is 40.7 Å². The van der Waals surface area contributed by atoms with Gasteiger partial charge in [-0.15, -0.1) is 11.3 Å². The lowest BCUT2D eigenvalue weighted by atomic mass is 10.1. The molecule has 0 saturated heterocycles. The van der Waals surface area contributed by atoms with Gasteiger partial charge in [0, 0.05) is 16.6 Å². The fourth-order valence-electron chi connectivity index (χ4n) is 3.02. The standard InChI is InChI=1S/C19H22N4O3S/c1-9(2)23-16-15(12(5)22-23)13(7-10(3)20-16)17(24)21-18-14(19(25)26-6)8-11(4)27-18/h7-9H,1-6H3,(H,21,24). The van der Waals surface area contributed by atoms with Crippen LogP contribution in [0, 0.1) is 20.8 Å². The predicted octanol–water partition coefficient (Wildman–Crippen LogP) is 4.04. The maximum Gasteiger partial charge on any atom is 0.340 e. The van der Waals surface area contributed by atoms with Crippen LogP contribution in [0.4, 0.5) is 5.00 Å². The van der Waals surface area contributed by atoms with Crippen LogP contribution in [0.1, 0.15) is 56.9 Å². The van der Waals surface area contributed by atoms with E-state index in [4.69, 9.17) is 4.74 Å². The third-order valence-electron chi connectivity index (χ3n) is 4.19. The third-order valence-corrected chi connectivity index (χ3v) is 5.15. The summed E-state index contributed by atoms with van der Waals surface area (Å²) < 4.78 is 6.63. The number of carbonyl (C=O) groups excluding carboxylic acids is 2. The molecular formula is C19H22N4O3S. The largest absolute Gasteiger partial charge is 0.465 e. The molecule has 0 fully saturated rings. The second kappa shape index (κ2) is 7.11. The minimum atomic E-state index is -0.477. The number of carbonyl (C=O) groups is 2. The molecule has 27 heavy (non-hydrogen) atoms. The van der Waals surface area contributed by atoms with E-state index in [1.807, 2.05) is 39.3 Å². The summed E-state index contributed by atoms with van der Waals surface area (Å²) in [6, 6.07) is 3.58. The molecule has 0 aliphatic carbocycles. The Balaban J connectivity index is 2.09. The number of methoxy groups -OCH3 is 1. The first kappa shape index (κ1) is 19.0. The molecule has 1 N–H and O–H groups in total. The first-order valence-electron chi connectivity index (χ1n) is 8.59. The number of nitrogens with one attached hydrogen (secondary N) is 1. The zero-order valence-corrected chi connectivity index (χ0v) is 17.0. The van der Waals surface area contributed by atoms with Crippen molar-refractivity contribution in [1.82, 2.24) is 14.8 Å². The van der Waals surface area contributed by atoms with E-state index in [9.17, 15) is 9.59 Å². The van der Waals surface area contributed by atoms with Crippen LogP contribution in [-0.2, 0) is 4.74 Å². The predicted molar refractivity (Wildman–Crippen MR) is 106 cm³/mol. The molecule has 0 spiro atoms. The van der Waals surface area contributed by atoms with Crippen molar-refractivity contribution < 1.29 is 14.3 Å². The summed E-state index contributed by atoms with van der Waals surface area (Å²) in [7, 11) is 1.32. The van der Waals surface area contributed by atoms with Crippen LogP contribution < -0.4 is 5.32 Å². The van der Waals surface area contributed by atoms with Gasteiger partial charge in [0.2, 0.25) is 0 Å². The van der Waals surface area contributed by atoms with Crippen LogP contribution in [0.3, 0.4) is 0 Å². The Morgan fingerprint density at radius 3 is 2.52 bits per heavy atom. The molecule has 0 radical (unpaired) electrons. The number of ether oxygens (including phenoxy) is 1. The maximum atomic E-state index is 13.1. The van der Waals surface area contributed by atoms with E-state index in [1.165, 1.54) is 18.4 Å². The van der Waals surface area contributed by atoms with Crippen LogP contribution in [0.15, 0.2) is 12.1 Å². The molecule has 7 nitrogen and oxygen atoms in total. The number of aryl methyl sites for hydroxylation is 3. The monoisotopic (exact) mass is 386 g/mol. The van der Waals surface area contributed by atoms with Gasteiger partial charge < -0.3 is 10.1 Å². The zero-order chi connectivity index (χ0) is 19.9. The summed E-state index contributed by atoms with van der Waals surface area (Å²) in [6.07, 6.45) is 0. The van der Waals surface area contributed by atoms with Crippen molar-refractivity contribution in [2.24, 2.45) is 0 Å². The normalized spacial score (nSPS) is 11.2. The van der Waals surface area contributed by atoms with E-state index in [1.54, 1.807) is 12.1 Å². The van der Waals surface area contributed by atoms with Crippen molar-refractivity contribution in [3.63, 3.8) is 0 Å². The van der Waals surface area contributed by atoms with E-state index >= 15 is 0 Å². The van der Waals surface area contributed by atoms with Crippen LogP contribution in [0.5, 0.6) is 0 Å². The highest BCUT2D eigenvalue weighted by molar-refractivity contribution is 7.16. The van der Waals surface area contributed by atoms with Gasteiger partial charge in [-0.1, -0.05) is 0 Å². The zero-order valence-electron chi connectivity index (χ0n) is 16.2. The summed E-state index contributed by atoms with van der Waals surface area (Å²) >= 11 is 1.34. The molecule has 1 amide bonds. The minimum absolute atomic E-state index is 0.122. The Bertz CT molecular complexity index is 1050. The van der Waals surface area contributed by atoms with Gasteiger partial charge in [-0.3, -0.25) is 4.79 Å². The number of hydrogen-bond acceptors (Lipinski definition) is 6. The van der Waals surface area contributed by atoms with Crippen molar-refractivity contribution in [3.05, 3.63) is 39.5 Å². The molecule has 3 aromatic rings. The molecule has 0 atom stereocenters.